The Hall–Kier alpha value is -0.610. The van der Waals surface area contributed by atoms with Crippen LogP contribution in [0.15, 0.2) is 0 Å². The maximum absolute atomic E-state index is 10.9. The van der Waals surface area contributed by atoms with Crippen molar-refractivity contribution in [3.8, 4) is 0 Å². The van der Waals surface area contributed by atoms with Crippen molar-refractivity contribution in [3.05, 3.63) is 0 Å². The van der Waals surface area contributed by atoms with Gasteiger partial charge in [-0.15, -0.1) is 0 Å². The molecule has 0 saturated carbocycles. The minimum Gasteiger partial charge on any atom is -0.393 e. The topological polar surface area (TPSA) is 75.4 Å². The lowest BCUT2D eigenvalue weighted by atomic mass is 9.97. The molecule has 4 heteroatoms. The fraction of sp³-hybridized carbons (Fsp3) is 0.857. The zero-order chi connectivity index (χ0) is 9.02. The Morgan fingerprint density at radius 1 is 1.55 bits per heavy atom. The van der Waals surface area contributed by atoms with Crippen LogP contribution in [0.1, 0.15) is 13.8 Å². The lowest BCUT2D eigenvalue weighted by Gasteiger charge is -2.20. The lowest BCUT2D eigenvalue weighted by molar-refractivity contribution is -0.123. The Balaban J connectivity index is 4.01. The van der Waals surface area contributed by atoms with Crippen molar-refractivity contribution in [1.29, 1.82) is 0 Å². The molecule has 0 aliphatic carbocycles. The van der Waals surface area contributed by atoms with E-state index in [9.17, 15) is 4.79 Å². The summed E-state index contributed by atoms with van der Waals surface area (Å²) >= 11 is 0. The molecular weight excluding hydrogens is 144 g/mol. The van der Waals surface area contributed by atoms with Gasteiger partial charge in [0.25, 0.3) is 0 Å². The summed E-state index contributed by atoms with van der Waals surface area (Å²) in [7, 11) is 1.52. The van der Waals surface area contributed by atoms with Gasteiger partial charge in [0.1, 0.15) is 0 Å². The van der Waals surface area contributed by atoms with Crippen molar-refractivity contribution in [2.75, 3.05) is 7.05 Å². The first-order valence-corrected chi connectivity index (χ1v) is 3.66. The van der Waals surface area contributed by atoms with Gasteiger partial charge in [0.05, 0.1) is 12.1 Å². The summed E-state index contributed by atoms with van der Waals surface area (Å²) in [4.78, 5) is 10.9. The number of rotatable bonds is 3. The zero-order valence-electron chi connectivity index (χ0n) is 7.16. The van der Waals surface area contributed by atoms with E-state index in [2.05, 4.69) is 5.32 Å². The van der Waals surface area contributed by atoms with Gasteiger partial charge in [0, 0.05) is 13.0 Å². The molecular formula is C7H16N2O2. The Labute approximate surface area is 66.8 Å². The van der Waals surface area contributed by atoms with Crippen molar-refractivity contribution in [3.63, 3.8) is 0 Å². The SMILES string of the molecule is CNC(=O)C(N)C(C)C(C)O. The smallest absolute Gasteiger partial charge is 0.237 e. The van der Waals surface area contributed by atoms with Crippen molar-refractivity contribution in [2.45, 2.75) is 26.0 Å². The third kappa shape index (κ3) is 2.86. The standard InChI is InChI=1S/C7H16N2O2/c1-4(5(2)10)6(8)7(11)9-3/h4-6,10H,8H2,1-3H3,(H,9,11). The van der Waals surface area contributed by atoms with Gasteiger partial charge in [-0.05, 0) is 6.92 Å². The van der Waals surface area contributed by atoms with Gasteiger partial charge in [-0.1, -0.05) is 6.92 Å². The Kier molecular flexibility index (Phi) is 4.07. The third-order valence-corrected chi connectivity index (χ3v) is 1.88. The van der Waals surface area contributed by atoms with Gasteiger partial charge in [0.2, 0.25) is 5.91 Å². The normalized spacial score (nSPS) is 18.6. The molecule has 4 N–H and O–H groups in total. The predicted molar refractivity (Wildman–Crippen MR) is 42.9 cm³/mol. The molecule has 0 saturated heterocycles. The second-order valence-corrected chi connectivity index (χ2v) is 2.74. The Morgan fingerprint density at radius 2 is 2.00 bits per heavy atom. The summed E-state index contributed by atoms with van der Waals surface area (Å²) in [6.45, 7) is 3.36. The summed E-state index contributed by atoms with van der Waals surface area (Å²) in [6, 6.07) is -0.625. The van der Waals surface area contributed by atoms with E-state index in [4.69, 9.17) is 10.8 Å². The van der Waals surface area contributed by atoms with Crippen LogP contribution < -0.4 is 11.1 Å². The van der Waals surface area contributed by atoms with Gasteiger partial charge < -0.3 is 16.2 Å². The first kappa shape index (κ1) is 10.4. The highest BCUT2D eigenvalue weighted by atomic mass is 16.3. The third-order valence-electron chi connectivity index (χ3n) is 1.88. The number of nitrogens with one attached hydrogen (secondary N) is 1. The van der Waals surface area contributed by atoms with Gasteiger partial charge in [0.15, 0.2) is 0 Å². The fourth-order valence-corrected chi connectivity index (χ4v) is 0.705. The fourth-order valence-electron chi connectivity index (χ4n) is 0.705. The molecule has 3 atom stereocenters. The molecule has 11 heavy (non-hydrogen) atoms. The minimum absolute atomic E-state index is 0.213. The average molecular weight is 160 g/mol. The number of aliphatic hydroxyl groups is 1. The van der Waals surface area contributed by atoms with E-state index < -0.39 is 12.1 Å². The summed E-state index contributed by atoms with van der Waals surface area (Å²) < 4.78 is 0. The monoisotopic (exact) mass is 160 g/mol. The number of carbonyl (C=O) groups excluding carboxylic acids is 1. The van der Waals surface area contributed by atoms with E-state index in [0.29, 0.717) is 0 Å². The number of hydrogen-bond acceptors (Lipinski definition) is 3. The van der Waals surface area contributed by atoms with Crippen LogP contribution >= 0.6 is 0 Å². The van der Waals surface area contributed by atoms with Crippen molar-refractivity contribution in [2.24, 2.45) is 11.7 Å². The zero-order valence-corrected chi connectivity index (χ0v) is 7.16. The number of aliphatic hydroxyl groups excluding tert-OH is 1. The van der Waals surface area contributed by atoms with E-state index in [0.717, 1.165) is 0 Å². The van der Waals surface area contributed by atoms with E-state index in [-0.39, 0.29) is 11.8 Å². The van der Waals surface area contributed by atoms with E-state index in [1.807, 2.05) is 0 Å². The molecule has 0 bridgehead atoms. The van der Waals surface area contributed by atoms with E-state index in [1.54, 1.807) is 13.8 Å². The molecule has 0 spiro atoms. The van der Waals surface area contributed by atoms with Gasteiger partial charge in [-0.25, -0.2) is 0 Å². The molecule has 0 aliphatic rings. The molecule has 3 unspecified atom stereocenters. The molecule has 0 heterocycles. The summed E-state index contributed by atoms with van der Waals surface area (Å²) in [6.07, 6.45) is -0.553. The van der Waals surface area contributed by atoms with E-state index in [1.165, 1.54) is 7.05 Å². The van der Waals surface area contributed by atoms with Crippen molar-refractivity contribution < 1.29 is 9.90 Å². The molecule has 66 valence electrons. The van der Waals surface area contributed by atoms with Crippen LogP contribution in [0.25, 0.3) is 0 Å². The highest BCUT2D eigenvalue weighted by Gasteiger charge is 2.22. The molecule has 4 nitrogen and oxygen atoms in total. The number of nitrogens with two attached hydrogens (primary N) is 1. The first-order valence-electron chi connectivity index (χ1n) is 3.66. The van der Waals surface area contributed by atoms with Crippen LogP contribution in [0.2, 0.25) is 0 Å². The van der Waals surface area contributed by atoms with Crippen molar-refractivity contribution >= 4 is 5.91 Å². The van der Waals surface area contributed by atoms with Crippen LogP contribution in [0, 0.1) is 5.92 Å². The van der Waals surface area contributed by atoms with Crippen molar-refractivity contribution in [1.82, 2.24) is 5.32 Å². The second-order valence-electron chi connectivity index (χ2n) is 2.74. The van der Waals surface area contributed by atoms with Crippen LogP contribution in [0.3, 0.4) is 0 Å². The Morgan fingerprint density at radius 3 is 2.27 bits per heavy atom. The number of amides is 1. The summed E-state index contributed by atoms with van der Waals surface area (Å²) in [5.41, 5.74) is 5.50. The van der Waals surface area contributed by atoms with Gasteiger partial charge in [-0.3, -0.25) is 4.79 Å². The molecule has 0 aromatic rings. The lowest BCUT2D eigenvalue weighted by Crippen LogP contribution is -2.46. The van der Waals surface area contributed by atoms with Crippen LogP contribution in [0.4, 0.5) is 0 Å². The molecule has 0 aromatic heterocycles. The summed E-state index contributed by atoms with van der Waals surface area (Å²) in [5.74, 6) is -0.451. The van der Waals surface area contributed by atoms with Gasteiger partial charge in [-0.2, -0.15) is 0 Å². The molecule has 1 amide bonds. The molecule has 0 rings (SSSR count). The average Bonchev–Trinajstić information content (AvgIpc) is 2.00. The number of likely N-dealkylation sites (N-methyl/N-ethyl adjacent to an activating group) is 1. The van der Waals surface area contributed by atoms with Crippen LogP contribution in [0.5, 0.6) is 0 Å². The number of hydrogen-bond donors (Lipinski definition) is 3. The highest BCUT2D eigenvalue weighted by Crippen LogP contribution is 2.05. The largest absolute Gasteiger partial charge is 0.393 e. The Bertz CT molecular complexity index is 136. The van der Waals surface area contributed by atoms with Gasteiger partial charge >= 0.3 is 0 Å². The number of carbonyl (C=O) groups is 1. The second kappa shape index (κ2) is 4.31. The molecule has 0 radical (unpaired) electrons. The molecule has 0 fully saturated rings. The minimum atomic E-state index is -0.625. The first-order chi connectivity index (χ1) is 5.00. The molecule has 0 aromatic carbocycles. The van der Waals surface area contributed by atoms with Crippen LogP contribution in [-0.4, -0.2) is 30.2 Å². The maximum Gasteiger partial charge on any atom is 0.237 e. The maximum atomic E-state index is 10.9. The highest BCUT2D eigenvalue weighted by molar-refractivity contribution is 5.81. The van der Waals surface area contributed by atoms with Crippen LogP contribution in [-0.2, 0) is 4.79 Å². The summed E-state index contributed by atoms with van der Waals surface area (Å²) in [5, 5.41) is 11.5. The predicted octanol–water partition coefficient (Wildman–Crippen LogP) is -0.923. The molecule has 0 aliphatic heterocycles. The quantitative estimate of drug-likeness (QED) is 0.499. The van der Waals surface area contributed by atoms with E-state index >= 15 is 0 Å².